The van der Waals surface area contributed by atoms with Gasteiger partial charge in [0.1, 0.15) is 0 Å². The zero-order chi connectivity index (χ0) is 29.6. The van der Waals surface area contributed by atoms with Crippen molar-refractivity contribution in [2.45, 2.75) is 76.7 Å². The second kappa shape index (κ2) is 9.25. The van der Waals surface area contributed by atoms with Crippen molar-refractivity contribution >= 4 is 5.78 Å². The quantitative estimate of drug-likeness (QED) is 0.314. The Morgan fingerprint density at radius 1 is 1.05 bits per heavy atom. The van der Waals surface area contributed by atoms with Crippen molar-refractivity contribution in [3.63, 3.8) is 0 Å². The zero-order valence-electron chi connectivity index (χ0n) is 24.2. The van der Waals surface area contributed by atoms with Gasteiger partial charge in [-0.25, -0.2) is 0 Å². The van der Waals surface area contributed by atoms with Crippen LogP contribution in [0.3, 0.4) is 0 Å². The molecule has 0 aliphatic heterocycles. The molecule has 8 heteroatoms. The van der Waals surface area contributed by atoms with Crippen LogP contribution in [0.4, 0.5) is 13.2 Å². The zero-order valence-corrected chi connectivity index (χ0v) is 24.2. The van der Waals surface area contributed by atoms with Crippen LogP contribution in [0.5, 0.6) is 0 Å². The third-order valence-electron chi connectivity index (χ3n) is 12.4. The predicted molar refractivity (Wildman–Crippen MR) is 149 cm³/mol. The molecule has 3 saturated carbocycles. The first-order chi connectivity index (χ1) is 19.2. The molecule has 6 aliphatic carbocycles. The number of hydrogen-bond acceptors (Lipinski definition) is 5. The van der Waals surface area contributed by atoms with Crippen molar-refractivity contribution in [2.75, 3.05) is 26.7 Å². The topological polar surface area (TPSA) is 81.0 Å². The smallest absolute Gasteiger partial charge is 0.395 e. The van der Waals surface area contributed by atoms with Crippen molar-refractivity contribution in [3.05, 3.63) is 59.2 Å². The monoisotopic (exact) mass is 573 g/mol. The molecule has 2 bridgehead atoms. The fourth-order valence-electron chi connectivity index (χ4n) is 10.3. The Bertz CT molecular complexity index is 1310. The molecule has 41 heavy (non-hydrogen) atoms. The second-order valence-electron chi connectivity index (χ2n) is 14.2. The molecular weight excluding hydrogens is 531 g/mol. The summed E-state index contributed by atoms with van der Waals surface area (Å²) in [6.45, 7) is 5.25. The molecule has 6 aliphatic rings. The van der Waals surface area contributed by atoms with Crippen LogP contribution in [0.25, 0.3) is 0 Å². The molecule has 0 heterocycles. The highest BCUT2D eigenvalue weighted by atomic mass is 19.4. The van der Waals surface area contributed by atoms with Gasteiger partial charge in [0.2, 0.25) is 0 Å². The van der Waals surface area contributed by atoms with Crippen LogP contribution in [-0.4, -0.2) is 64.5 Å². The SMILES string of the molecule is CN(CCO)CC1(O)CCC2C34C=CC5(C=C3C(=O)c3cccc(C(F)(F)F)c3)CC(O)CCC5(C)C4CCC21C. The molecule has 2 spiro atoms. The number of halogens is 3. The lowest BCUT2D eigenvalue weighted by atomic mass is 9.32. The average molecular weight is 574 g/mol. The van der Waals surface area contributed by atoms with Gasteiger partial charge in [0.05, 0.1) is 23.9 Å². The van der Waals surface area contributed by atoms with Crippen molar-refractivity contribution < 1.29 is 33.3 Å². The highest BCUT2D eigenvalue weighted by molar-refractivity contribution is 6.10. The van der Waals surface area contributed by atoms with E-state index in [0.29, 0.717) is 44.3 Å². The lowest BCUT2D eigenvalue weighted by Gasteiger charge is -2.71. The minimum absolute atomic E-state index is 0.00780. The molecule has 1 aromatic rings. The molecule has 8 atom stereocenters. The number of fused-ring (bicyclic) bond motifs is 1. The standard InChI is InChI=1S/C33H42F3NO4/c1-28-10-7-23(39)18-30(28)13-14-32(24(19-30)27(40)21-5-4-6-22(17-21)33(34,35)36)25(28)8-11-29(2)26(32)9-12-31(29,41)20-37(3)15-16-38/h4-6,13-14,17,19,23,25-26,38-39,41H,7-12,15-16,18,20H2,1-3H3. The van der Waals surface area contributed by atoms with Gasteiger partial charge in [-0.1, -0.05) is 44.2 Å². The summed E-state index contributed by atoms with van der Waals surface area (Å²) in [6.07, 6.45) is 6.10. The molecule has 5 nitrogen and oxygen atoms in total. The fourth-order valence-corrected chi connectivity index (χ4v) is 10.3. The van der Waals surface area contributed by atoms with Gasteiger partial charge in [-0.3, -0.25) is 4.79 Å². The van der Waals surface area contributed by atoms with Gasteiger partial charge < -0.3 is 20.2 Å². The Hall–Kier alpha value is -2.00. The minimum atomic E-state index is -4.56. The number of likely N-dealkylation sites (N-methyl/N-ethyl adjacent to an activating group) is 1. The first-order valence-electron chi connectivity index (χ1n) is 15.0. The number of alkyl halides is 3. The van der Waals surface area contributed by atoms with E-state index < -0.39 is 39.7 Å². The molecule has 3 fully saturated rings. The Morgan fingerprint density at radius 2 is 1.73 bits per heavy atom. The van der Waals surface area contributed by atoms with Crippen LogP contribution in [-0.2, 0) is 6.18 Å². The van der Waals surface area contributed by atoms with E-state index in [1.54, 1.807) is 0 Å². The lowest BCUT2D eigenvalue weighted by Crippen LogP contribution is -2.67. The summed E-state index contributed by atoms with van der Waals surface area (Å²) in [5, 5.41) is 32.5. The van der Waals surface area contributed by atoms with E-state index in [0.717, 1.165) is 31.4 Å². The number of hydrogen-bond donors (Lipinski definition) is 3. The van der Waals surface area contributed by atoms with E-state index in [1.165, 1.54) is 12.1 Å². The molecule has 7 rings (SSSR count). The highest BCUT2D eigenvalue weighted by Gasteiger charge is 2.74. The predicted octanol–water partition coefficient (Wildman–Crippen LogP) is 5.40. The molecule has 224 valence electrons. The summed E-state index contributed by atoms with van der Waals surface area (Å²) in [4.78, 5) is 16.4. The number of benzene rings is 1. The maximum absolute atomic E-state index is 14.5. The van der Waals surface area contributed by atoms with Gasteiger partial charge in [-0.15, -0.1) is 0 Å². The van der Waals surface area contributed by atoms with Gasteiger partial charge in [0.25, 0.3) is 0 Å². The summed E-state index contributed by atoms with van der Waals surface area (Å²) in [7, 11) is 1.89. The maximum Gasteiger partial charge on any atom is 0.416 e. The van der Waals surface area contributed by atoms with Crippen LogP contribution in [0, 0.1) is 33.5 Å². The highest BCUT2D eigenvalue weighted by Crippen LogP contribution is 2.78. The normalized spacial score (nSPS) is 43.0. The number of nitrogens with zero attached hydrogens (tertiary/aromatic N) is 1. The third kappa shape index (κ3) is 3.86. The Labute approximate surface area is 240 Å². The summed E-state index contributed by atoms with van der Waals surface area (Å²) in [5.74, 6) is -0.401. The molecule has 0 saturated heterocycles. The molecule has 8 unspecified atom stereocenters. The van der Waals surface area contributed by atoms with Gasteiger partial charge in [-0.05, 0) is 81.4 Å². The van der Waals surface area contributed by atoms with Crippen LogP contribution in [0.15, 0.2) is 48.1 Å². The van der Waals surface area contributed by atoms with E-state index >= 15 is 0 Å². The first-order valence-corrected chi connectivity index (χ1v) is 15.0. The third-order valence-corrected chi connectivity index (χ3v) is 12.4. The van der Waals surface area contributed by atoms with E-state index in [4.69, 9.17) is 0 Å². The van der Waals surface area contributed by atoms with Crippen LogP contribution >= 0.6 is 0 Å². The summed E-state index contributed by atoms with van der Waals surface area (Å²) in [5.41, 5.74) is -3.33. The number of carbonyl (C=O) groups excluding carboxylic acids is 1. The van der Waals surface area contributed by atoms with E-state index in [9.17, 15) is 33.3 Å². The number of ketones is 1. The van der Waals surface area contributed by atoms with E-state index in [2.05, 4.69) is 26.0 Å². The minimum Gasteiger partial charge on any atom is -0.395 e. The summed E-state index contributed by atoms with van der Waals surface area (Å²) in [6, 6.07) is 4.72. The van der Waals surface area contributed by atoms with Crippen molar-refractivity contribution in [1.82, 2.24) is 4.90 Å². The van der Waals surface area contributed by atoms with Gasteiger partial charge in [-0.2, -0.15) is 13.2 Å². The molecule has 0 radical (unpaired) electrons. The van der Waals surface area contributed by atoms with Crippen molar-refractivity contribution in [1.29, 1.82) is 0 Å². The number of rotatable bonds is 6. The Kier molecular flexibility index (Phi) is 6.56. The molecule has 3 N–H and O–H groups in total. The molecule has 1 aromatic carbocycles. The summed E-state index contributed by atoms with van der Waals surface area (Å²) >= 11 is 0. The van der Waals surface area contributed by atoms with Crippen LogP contribution in [0.1, 0.15) is 74.7 Å². The average Bonchev–Trinajstić information content (AvgIpc) is 3.18. The number of carbonyl (C=O) groups is 1. The Balaban J connectivity index is 1.51. The van der Waals surface area contributed by atoms with Gasteiger partial charge in [0.15, 0.2) is 5.78 Å². The number of aliphatic hydroxyl groups excluding tert-OH is 2. The molecule has 0 aromatic heterocycles. The Morgan fingerprint density at radius 3 is 2.44 bits per heavy atom. The maximum atomic E-state index is 14.5. The number of aliphatic hydroxyl groups is 3. The summed E-state index contributed by atoms with van der Waals surface area (Å²) < 4.78 is 41.0. The first kappa shape index (κ1) is 29.1. The van der Waals surface area contributed by atoms with Crippen LogP contribution in [0.2, 0.25) is 0 Å². The molecule has 0 amide bonds. The molecular formula is C33H42F3NO4. The lowest BCUT2D eigenvalue weighted by molar-refractivity contribution is -0.175. The van der Waals surface area contributed by atoms with Crippen LogP contribution < -0.4 is 0 Å². The van der Waals surface area contributed by atoms with Gasteiger partial charge >= 0.3 is 6.18 Å². The number of Topliss-reactive ketones (excluding diaryl/α,β-unsaturated/α-hetero) is 1. The van der Waals surface area contributed by atoms with E-state index in [-0.39, 0.29) is 35.2 Å². The van der Waals surface area contributed by atoms with E-state index in [1.807, 2.05) is 18.0 Å². The fraction of sp³-hybridized carbons (Fsp3) is 0.667. The largest absolute Gasteiger partial charge is 0.416 e. The van der Waals surface area contributed by atoms with Gasteiger partial charge in [0, 0.05) is 40.5 Å². The number of allylic oxidation sites excluding steroid dienone is 4. The second-order valence-corrected chi connectivity index (χ2v) is 14.2. The van der Waals surface area contributed by atoms with Crippen molar-refractivity contribution in [2.24, 2.45) is 33.5 Å². The van der Waals surface area contributed by atoms with Crippen molar-refractivity contribution in [3.8, 4) is 0 Å².